The smallest absolute Gasteiger partial charge is 0.143 e. The fourth-order valence-electron chi connectivity index (χ4n) is 4.47. The standard InChI is InChI=1S/C32H46O2S/c1-4-32(3,31(34)26-29-20-12-6-13-21-29)22-14-8-16-24-35-23-15-7-9-17-27(2)30(33)25-28-18-10-5-11-19-28/h5-6,10-13,18-21,27H,4,7-9,14-17,22-26H2,1-3H3. The summed E-state index contributed by atoms with van der Waals surface area (Å²) in [5.41, 5.74) is 2.06. The van der Waals surface area contributed by atoms with Crippen LogP contribution in [0, 0.1) is 11.3 Å². The zero-order valence-corrected chi connectivity index (χ0v) is 23.1. The number of unbranched alkanes of at least 4 members (excludes halogenated alkanes) is 4. The lowest BCUT2D eigenvalue weighted by Crippen LogP contribution is -2.28. The highest BCUT2D eigenvalue weighted by molar-refractivity contribution is 7.99. The summed E-state index contributed by atoms with van der Waals surface area (Å²) in [4.78, 5) is 25.3. The van der Waals surface area contributed by atoms with E-state index in [1.807, 2.05) is 48.5 Å². The molecule has 0 fully saturated rings. The zero-order valence-electron chi connectivity index (χ0n) is 22.3. The minimum absolute atomic E-state index is 0.163. The highest BCUT2D eigenvalue weighted by atomic mass is 32.2. The molecule has 0 amide bonds. The first-order valence-corrected chi connectivity index (χ1v) is 14.8. The Hall–Kier alpha value is -1.87. The normalized spacial score (nSPS) is 13.8. The van der Waals surface area contributed by atoms with E-state index in [0.29, 0.717) is 24.4 Å². The van der Waals surface area contributed by atoms with Crippen molar-refractivity contribution in [1.82, 2.24) is 0 Å². The van der Waals surface area contributed by atoms with Gasteiger partial charge in [0.1, 0.15) is 11.6 Å². The molecule has 0 aliphatic carbocycles. The Morgan fingerprint density at radius 1 is 0.771 bits per heavy atom. The van der Waals surface area contributed by atoms with E-state index in [1.165, 1.54) is 37.2 Å². The molecule has 2 aromatic rings. The summed E-state index contributed by atoms with van der Waals surface area (Å²) < 4.78 is 0. The van der Waals surface area contributed by atoms with Gasteiger partial charge in [-0.25, -0.2) is 0 Å². The van der Waals surface area contributed by atoms with Gasteiger partial charge in [0.2, 0.25) is 0 Å². The van der Waals surface area contributed by atoms with Crippen molar-refractivity contribution in [2.45, 2.75) is 91.4 Å². The van der Waals surface area contributed by atoms with Gasteiger partial charge in [-0.15, -0.1) is 0 Å². The maximum absolute atomic E-state index is 12.9. The van der Waals surface area contributed by atoms with E-state index in [9.17, 15) is 9.59 Å². The first-order chi connectivity index (χ1) is 16.9. The van der Waals surface area contributed by atoms with Crippen molar-refractivity contribution >= 4 is 23.3 Å². The molecule has 2 nitrogen and oxygen atoms in total. The van der Waals surface area contributed by atoms with Gasteiger partial charge in [0, 0.05) is 24.2 Å². The third-order valence-corrected chi connectivity index (χ3v) is 8.53. The van der Waals surface area contributed by atoms with Crippen LogP contribution in [0.2, 0.25) is 0 Å². The Kier molecular flexibility index (Phi) is 14.0. The molecular formula is C32H46O2S. The van der Waals surface area contributed by atoms with Crippen molar-refractivity contribution in [2.24, 2.45) is 11.3 Å². The van der Waals surface area contributed by atoms with Gasteiger partial charge in [0.05, 0.1) is 0 Å². The predicted octanol–water partition coefficient (Wildman–Crippen LogP) is 8.52. The molecule has 0 spiro atoms. The number of Topliss-reactive ketones (excluding diaryl/α,β-unsaturated/α-hetero) is 2. The quantitative estimate of drug-likeness (QED) is 0.184. The molecule has 2 aromatic carbocycles. The van der Waals surface area contributed by atoms with E-state index in [0.717, 1.165) is 43.2 Å². The lowest BCUT2D eigenvalue weighted by atomic mass is 9.76. The first kappa shape index (κ1) is 29.4. The Labute approximate surface area is 218 Å². The van der Waals surface area contributed by atoms with E-state index >= 15 is 0 Å². The summed E-state index contributed by atoms with van der Waals surface area (Å²) in [7, 11) is 0. The topological polar surface area (TPSA) is 34.1 Å². The molecule has 0 bridgehead atoms. The largest absolute Gasteiger partial charge is 0.299 e. The van der Waals surface area contributed by atoms with Crippen LogP contribution in [0.4, 0.5) is 0 Å². The molecule has 2 unspecified atom stereocenters. The van der Waals surface area contributed by atoms with Crippen LogP contribution in [0.25, 0.3) is 0 Å². The Balaban J connectivity index is 1.47. The molecule has 3 heteroatoms. The molecule has 0 aliphatic heterocycles. The number of ketones is 2. The highest BCUT2D eigenvalue weighted by Gasteiger charge is 2.30. The van der Waals surface area contributed by atoms with Crippen molar-refractivity contribution < 1.29 is 9.59 Å². The fraction of sp³-hybridized carbons (Fsp3) is 0.562. The van der Waals surface area contributed by atoms with E-state index in [-0.39, 0.29) is 11.3 Å². The van der Waals surface area contributed by atoms with Gasteiger partial charge in [-0.05, 0) is 54.7 Å². The van der Waals surface area contributed by atoms with Crippen molar-refractivity contribution in [3.8, 4) is 0 Å². The molecule has 0 saturated heterocycles. The summed E-state index contributed by atoms with van der Waals surface area (Å²) >= 11 is 2.06. The van der Waals surface area contributed by atoms with Crippen LogP contribution in [0.3, 0.4) is 0 Å². The SMILES string of the molecule is CCC(C)(CCCCCSCCCCCC(C)C(=O)Cc1ccccc1)C(=O)Cc1ccccc1. The fourth-order valence-corrected chi connectivity index (χ4v) is 5.49. The maximum Gasteiger partial charge on any atom is 0.143 e. The molecule has 35 heavy (non-hydrogen) atoms. The molecule has 0 saturated carbocycles. The Bertz CT molecular complexity index is 848. The summed E-state index contributed by atoms with van der Waals surface area (Å²) in [6, 6.07) is 20.2. The van der Waals surface area contributed by atoms with Gasteiger partial charge >= 0.3 is 0 Å². The second-order valence-electron chi connectivity index (χ2n) is 10.3. The predicted molar refractivity (Wildman–Crippen MR) is 152 cm³/mol. The average molecular weight is 495 g/mol. The second kappa shape index (κ2) is 16.7. The van der Waals surface area contributed by atoms with Gasteiger partial charge in [0.25, 0.3) is 0 Å². The summed E-state index contributed by atoms with van der Waals surface area (Å²) in [5.74, 6) is 3.35. The van der Waals surface area contributed by atoms with Crippen LogP contribution in [0.5, 0.6) is 0 Å². The molecule has 2 rings (SSSR count). The lowest BCUT2D eigenvalue weighted by molar-refractivity contribution is -0.128. The van der Waals surface area contributed by atoms with Crippen molar-refractivity contribution in [3.63, 3.8) is 0 Å². The van der Waals surface area contributed by atoms with Crippen LogP contribution in [0.15, 0.2) is 60.7 Å². The van der Waals surface area contributed by atoms with E-state index in [2.05, 4.69) is 44.7 Å². The Morgan fingerprint density at radius 2 is 1.31 bits per heavy atom. The lowest BCUT2D eigenvalue weighted by Gasteiger charge is -2.27. The van der Waals surface area contributed by atoms with E-state index in [4.69, 9.17) is 0 Å². The number of carbonyl (C=O) groups is 2. The monoisotopic (exact) mass is 494 g/mol. The molecule has 0 radical (unpaired) electrons. The van der Waals surface area contributed by atoms with Crippen molar-refractivity contribution in [1.29, 1.82) is 0 Å². The van der Waals surface area contributed by atoms with Crippen LogP contribution in [-0.2, 0) is 22.4 Å². The molecule has 0 aliphatic rings. The van der Waals surface area contributed by atoms with Gasteiger partial charge in [-0.1, -0.05) is 107 Å². The van der Waals surface area contributed by atoms with Gasteiger partial charge in [0.15, 0.2) is 0 Å². The minimum atomic E-state index is -0.192. The maximum atomic E-state index is 12.9. The molecule has 0 N–H and O–H groups in total. The number of hydrogen-bond acceptors (Lipinski definition) is 3. The minimum Gasteiger partial charge on any atom is -0.299 e. The number of rotatable bonds is 19. The number of hydrogen-bond donors (Lipinski definition) is 0. The highest BCUT2D eigenvalue weighted by Crippen LogP contribution is 2.31. The van der Waals surface area contributed by atoms with Gasteiger partial charge in [-0.2, -0.15) is 11.8 Å². The molecule has 0 aromatic heterocycles. The molecule has 192 valence electrons. The molecular weight excluding hydrogens is 448 g/mol. The van der Waals surface area contributed by atoms with Crippen LogP contribution in [-0.4, -0.2) is 23.1 Å². The summed E-state index contributed by atoms with van der Waals surface area (Å²) in [5, 5.41) is 0. The average Bonchev–Trinajstić information content (AvgIpc) is 2.88. The van der Waals surface area contributed by atoms with E-state index < -0.39 is 0 Å². The third-order valence-electron chi connectivity index (χ3n) is 7.37. The molecule has 0 heterocycles. The van der Waals surface area contributed by atoms with Gasteiger partial charge in [-0.3, -0.25) is 9.59 Å². The van der Waals surface area contributed by atoms with Crippen molar-refractivity contribution in [3.05, 3.63) is 71.8 Å². The van der Waals surface area contributed by atoms with Crippen molar-refractivity contribution in [2.75, 3.05) is 11.5 Å². The number of carbonyl (C=O) groups excluding carboxylic acids is 2. The zero-order chi connectivity index (χ0) is 25.4. The number of benzene rings is 2. The van der Waals surface area contributed by atoms with Crippen LogP contribution in [0.1, 0.15) is 89.7 Å². The van der Waals surface area contributed by atoms with E-state index in [1.54, 1.807) is 0 Å². The summed E-state index contributed by atoms with van der Waals surface area (Å²) in [6.07, 6.45) is 11.2. The molecule has 2 atom stereocenters. The number of thioether (sulfide) groups is 1. The summed E-state index contributed by atoms with van der Waals surface area (Å²) in [6.45, 7) is 6.39. The Morgan fingerprint density at radius 3 is 1.89 bits per heavy atom. The van der Waals surface area contributed by atoms with Crippen LogP contribution < -0.4 is 0 Å². The first-order valence-electron chi connectivity index (χ1n) is 13.7. The van der Waals surface area contributed by atoms with Gasteiger partial charge < -0.3 is 0 Å². The second-order valence-corrected chi connectivity index (χ2v) is 11.5. The van der Waals surface area contributed by atoms with Crippen LogP contribution >= 0.6 is 11.8 Å². The third kappa shape index (κ3) is 11.6.